The Hall–Kier alpha value is -0.640. The SMILES string of the molecule is CCCC/C(C)=N/NC(C)(C)C.CCCCC(C)(Cl)N=NC(C)(C)C. The maximum Gasteiger partial charge on any atom is 0.151 e. The van der Waals surface area contributed by atoms with Crippen LogP contribution in [0.3, 0.4) is 0 Å². The van der Waals surface area contributed by atoms with Crippen LogP contribution in [0.5, 0.6) is 0 Å². The molecule has 0 rings (SSSR count). The molecule has 25 heavy (non-hydrogen) atoms. The first kappa shape index (κ1) is 26.6. The third-order valence-electron chi connectivity index (χ3n) is 3.02. The first-order valence-electron chi connectivity index (χ1n) is 9.65. The van der Waals surface area contributed by atoms with Gasteiger partial charge >= 0.3 is 0 Å². The van der Waals surface area contributed by atoms with Crippen LogP contribution in [0.25, 0.3) is 0 Å². The van der Waals surface area contributed by atoms with Crippen molar-refractivity contribution in [3.05, 3.63) is 0 Å². The van der Waals surface area contributed by atoms with E-state index in [1.54, 1.807) is 0 Å². The normalized spacial score (nSPS) is 15.6. The van der Waals surface area contributed by atoms with E-state index >= 15 is 0 Å². The summed E-state index contributed by atoms with van der Waals surface area (Å²) in [5.74, 6) is 0. The van der Waals surface area contributed by atoms with Gasteiger partial charge in [0.15, 0.2) is 5.00 Å². The van der Waals surface area contributed by atoms with Crippen LogP contribution in [-0.2, 0) is 0 Å². The van der Waals surface area contributed by atoms with Gasteiger partial charge in [0.2, 0.25) is 0 Å². The van der Waals surface area contributed by atoms with Crippen LogP contribution in [0.2, 0.25) is 0 Å². The number of hydrazone groups is 1. The molecular formula is C20H43ClN4. The highest BCUT2D eigenvalue weighted by molar-refractivity contribution is 6.23. The standard InChI is InChI=1S/C10H21ClN2.C10H22N2/c1-6-7-8-10(5,11)13-12-9(2,3)4;1-6-7-8-9(2)11-12-10(3,4)5/h6-8H2,1-5H3;12H,6-8H2,1-5H3/b;11-9+. The number of hydrogen-bond acceptors (Lipinski definition) is 4. The van der Waals surface area contributed by atoms with Gasteiger partial charge in [-0.1, -0.05) is 38.3 Å². The zero-order valence-electron chi connectivity index (χ0n) is 18.5. The molecule has 1 N–H and O–H groups in total. The minimum absolute atomic E-state index is 0.0907. The van der Waals surface area contributed by atoms with Gasteiger partial charge in [-0.15, -0.1) is 0 Å². The molecule has 4 nitrogen and oxygen atoms in total. The van der Waals surface area contributed by atoms with Crippen molar-refractivity contribution in [2.45, 2.75) is 124 Å². The number of nitrogens with one attached hydrogen (secondary N) is 1. The predicted molar refractivity (Wildman–Crippen MR) is 114 cm³/mol. The number of rotatable bonds is 8. The molecule has 0 heterocycles. The van der Waals surface area contributed by atoms with Gasteiger partial charge in [-0.2, -0.15) is 15.3 Å². The molecule has 0 radical (unpaired) electrons. The van der Waals surface area contributed by atoms with E-state index in [9.17, 15) is 0 Å². The largest absolute Gasteiger partial charge is 0.305 e. The maximum atomic E-state index is 6.16. The van der Waals surface area contributed by atoms with Gasteiger partial charge in [0.1, 0.15) is 0 Å². The van der Waals surface area contributed by atoms with Gasteiger partial charge < -0.3 is 5.43 Å². The van der Waals surface area contributed by atoms with Crippen LogP contribution in [0.1, 0.15) is 108 Å². The molecule has 0 aromatic carbocycles. The first-order chi connectivity index (χ1) is 11.2. The van der Waals surface area contributed by atoms with Crippen molar-refractivity contribution in [3.63, 3.8) is 0 Å². The predicted octanol–water partition coefficient (Wildman–Crippen LogP) is 7.32. The molecule has 0 saturated carbocycles. The Morgan fingerprint density at radius 2 is 1.40 bits per heavy atom. The van der Waals surface area contributed by atoms with Crippen molar-refractivity contribution in [2.24, 2.45) is 15.3 Å². The van der Waals surface area contributed by atoms with Crippen molar-refractivity contribution >= 4 is 17.3 Å². The quantitative estimate of drug-likeness (QED) is 0.156. The molecule has 1 atom stereocenters. The van der Waals surface area contributed by atoms with Gasteiger partial charge in [0.05, 0.1) is 5.54 Å². The first-order valence-corrected chi connectivity index (χ1v) is 10.0. The lowest BCUT2D eigenvalue weighted by Gasteiger charge is -2.18. The lowest BCUT2D eigenvalue weighted by atomic mass is 10.1. The minimum Gasteiger partial charge on any atom is -0.305 e. The Morgan fingerprint density at radius 1 is 0.880 bits per heavy atom. The molecule has 0 aliphatic heterocycles. The van der Waals surface area contributed by atoms with E-state index < -0.39 is 5.00 Å². The molecule has 0 amide bonds. The second-order valence-electron chi connectivity index (χ2n) is 8.93. The number of halogens is 1. The van der Waals surface area contributed by atoms with Crippen molar-refractivity contribution < 1.29 is 0 Å². The number of nitrogens with zero attached hydrogens (tertiary/aromatic N) is 3. The monoisotopic (exact) mass is 374 g/mol. The second kappa shape index (κ2) is 12.7. The summed E-state index contributed by atoms with van der Waals surface area (Å²) < 4.78 is 0. The maximum absolute atomic E-state index is 6.16. The Kier molecular flexibility index (Phi) is 13.5. The van der Waals surface area contributed by atoms with Crippen molar-refractivity contribution in [1.82, 2.24) is 5.43 Å². The lowest BCUT2D eigenvalue weighted by molar-refractivity contribution is 0.440. The summed E-state index contributed by atoms with van der Waals surface area (Å²) in [5.41, 5.74) is 4.29. The van der Waals surface area contributed by atoms with Gasteiger partial charge in [0, 0.05) is 11.3 Å². The Labute approximate surface area is 162 Å². The Balaban J connectivity index is 0. The molecule has 0 aliphatic rings. The van der Waals surface area contributed by atoms with E-state index in [1.165, 1.54) is 18.6 Å². The molecule has 0 aliphatic carbocycles. The average Bonchev–Trinajstić information content (AvgIpc) is 2.46. The molecule has 0 spiro atoms. The summed E-state index contributed by atoms with van der Waals surface area (Å²) in [5, 5.41) is 12.6. The molecule has 0 saturated heterocycles. The van der Waals surface area contributed by atoms with E-state index in [-0.39, 0.29) is 11.1 Å². The van der Waals surface area contributed by atoms with Gasteiger partial charge in [-0.3, -0.25) is 0 Å². The minimum atomic E-state index is -0.511. The van der Waals surface area contributed by atoms with Crippen LogP contribution in [-0.4, -0.2) is 21.8 Å². The van der Waals surface area contributed by atoms with Crippen LogP contribution in [0.4, 0.5) is 0 Å². The van der Waals surface area contributed by atoms with E-state index in [0.717, 1.165) is 25.7 Å². The highest BCUT2D eigenvalue weighted by Crippen LogP contribution is 2.25. The Bertz CT molecular complexity index is 387. The summed E-state index contributed by atoms with van der Waals surface area (Å²) in [6.45, 7) is 20.7. The Morgan fingerprint density at radius 3 is 1.80 bits per heavy atom. The van der Waals surface area contributed by atoms with E-state index in [0.29, 0.717) is 0 Å². The fraction of sp³-hybridized carbons (Fsp3) is 0.950. The molecule has 0 aromatic heterocycles. The smallest absolute Gasteiger partial charge is 0.151 e. The van der Waals surface area contributed by atoms with Crippen LogP contribution in [0, 0.1) is 0 Å². The number of hydrogen-bond donors (Lipinski definition) is 1. The van der Waals surface area contributed by atoms with Crippen molar-refractivity contribution in [2.75, 3.05) is 0 Å². The van der Waals surface area contributed by atoms with Gasteiger partial charge in [-0.25, -0.2) is 0 Å². The fourth-order valence-corrected chi connectivity index (χ4v) is 1.73. The third-order valence-corrected chi connectivity index (χ3v) is 3.28. The number of unbranched alkanes of at least 4 members (excludes halogenated alkanes) is 2. The van der Waals surface area contributed by atoms with E-state index in [1.807, 2.05) is 27.7 Å². The second-order valence-corrected chi connectivity index (χ2v) is 9.74. The summed E-state index contributed by atoms with van der Waals surface area (Å²) in [6, 6.07) is 0. The zero-order valence-corrected chi connectivity index (χ0v) is 19.2. The van der Waals surface area contributed by atoms with Crippen LogP contribution < -0.4 is 5.43 Å². The molecule has 5 heteroatoms. The highest BCUT2D eigenvalue weighted by atomic mass is 35.5. The van der Waals surface area contributed by atoms with E-state index in [2.05, 4.69) is 62.3 Å². The highest BCUT2D eigenvalue weighted by Gasteiger charge is 2.20. The average molecular weight is 375 g/mol. The molecule has 150 valence electrons. The molecular weight excluding hydrogens is 332 g/mol. The number of azo groups is 1. The van der Waals surface area contributed by atoms with Crippen LogP contribution in [0.15, 0.2) is 15.3 Å². The topological polar surface area (TPSA) is 49.1 Å². The lowest BCUT2D eigenvalue weighted by Crippen LogP contribution is -2.32. The van der Waals surface area contributed by atoms with Crippen LogP contribution >= 0.6 is 11.6 Å². The van der Waals surface area contributed by atoms with Gasteiger partial charge in [-0.05, 0) is 81.1 Å². The molecule has 1 unspecified atom stereocenters. The summed E-state index contributed by atoms with van der Waals surface area (Å²) in [7, 11) is 0. The van der Waals surface area contributed by atoms with Crippen molar-refractivity contribution in [3.8, 4) is 0 Å². The van der Waals surface area contributed by atoms with E-state index in [4.69, 9.17) is 11.6 Å². The molecule has 0 bridgehead atoms. The zero-order chi connectivity index (χ0) is 20.1. The summed E-state index contributed by atoms with van der Waals surface area (Å²) >= 11 is 6.16. The molecule has 0 fully saturated rings. The summed E-state index contributed by atoms with van der Waals surface area (Å²) in [6.07, 6.45) is 6.73. The summed E-state index contributed by atoms with van der Waals surface area (Å²) in [4.78, 5) is -0.511. The number of alkyl halides is 1. The third kappa shape index (κ3) is 23.4. The molecule has 0 aromatic rings. The fourth-order valence-electron chi connectivity index (χ4n) is 1.56. The van der Waals surface area contributed by atoms with Gasteiger partial charge in [0.25, 0.3) is 0 Å². The van der Waals surface area contributed by atoms with Crippen molar-refractivity contribution in [1.29, 1.82) is 0 Å².